The van der Waals surface area contributed by atoms with Crippen LogP contribution in [0.15, 0.2) is 0 Å². The van der Waals surface area contributed by atoms with Crippen LogP contribution >= 0.6 is 0 Å². The number of hydrogen-bond acceptors (Lipinski definition) is 4. The highest BCUT2D eigenvalue weighted by atomic mass is 16.6. The van der Waals surface area contributed by atoms with Crippen molar-refractivity contribution in [2.75, 3.05) is 6.61 Å². The normalized spacial score (nSPS) is 28.3. The number of carbonyl (C=O) groups is 2. The molecule has 2 rings (SSSR count). The maximum Gasteiger partial charge on any atom is 0.312 e. The van der Waals surface area contributed by atoms with E-state index in [0.29, 0.717) is 19.4 Å². The molecule has 4 heteroatoms. The molecule has 0 radical (unpaired) electrons. The molecule has 1 atom stereocenters. The van der Waals surface area contributed by atoms with Crippen LogP contribution in [0.1, 0.15) is 51.9 Å². The topological polar surface area (TPSA) is 52.6 Å². The summed E-state index contributed by atoms with van der Waals surface area (Å²) in [6, 6.07) is 0. The van der Waals surface area contributed by atoms with Gasteiger partial charge in [-0.1, -0.05) is 19.3 Å². The van der Waals surface area contributed by atoms with E-state index in [2.05, 4.69) is 0 Å². The molecular weight excluding hydrogens is 220 g/mol. The number of cyclic esters (lactones) is 1. The van der Waals surface area contributed by atoms with Crippen LogP contribution in [0, 0.1) is 5.41 Å². The Hall–Kier alpha value is -1.06. The van der Waals surface area contributed by atoms with E-state index in [4.69, 9.17) is 9.47 Å². The summed E-state index contributed by atoms with van der Waals surface area (Å²) in [5.41, 5.74) is -0.380. The van der Waals surface area contributed by atoms with Crippen molar-refractivity contribution in [3.05, 3.63) is 0 Å². The van der Waals surface area contributed by atoms with E-state index in [1.165, 1.54) is 13.3 Å². The maximum atomic E-state index is 12.1. The predicted octanol–water partition coefficient (Wildman–Crippen LogP) is 2.21. The highest BCUT2D eigenvalue weighted by Crippen LogP contribution is 2.43. The fraction of sp³-hybridized carbons (Fsp3) is 0.846. The zero-order chi connectivity index (χ0) is 12.3. The van der Waals surface area contributed by atoms with E-state index in [1.807, 2.05) is 0 Å². The van der Waals surface area contributed by atoms with Gasteiger partial charge in [-0.2, -0.15) is 0 Å². The van der Waals surface area contributed by atoms with Gasteiger partial charge in [-0.3, -0.25) is 9.59 Å². The molecule has 0 amide bonds. The smallest absolute Gasteiger partial charge is 0.312 e. The molecule has 0 N–H and O–H groups in total. The quantitative estimate of drug-likeness (QED) is 0.659. The second-order valence-corrected chi connectivity index (χ2v) is 5.20. The van der Waals surface area contributed by atoms with Crippen LogP contribution in [0.5, 0.6) is 0 Å². The Labute approximate surface area is 102 Å². The zero-order valence-electron chi connectivity index (χ0n) is 10.4. The Morgan fingerprint density at radius 2 is 2.06 bits per heavy atom. The van der Waals surface area contributed by atoms with E-state index in [-0.39, 0.29) is 23.5 Å². The molecule has 1 spiro atoms. The van der Waals surface area contributed by atoms with Gasteiger partial charge in [-0.05, 0) is 12.8 Å². The second-order valence-electron chi connectivity index (χ2n) is 5.20. The van der Waals surface area contributed by atoms with Gasteiger partial charge in [0.15, 0.2) is 0 Å². The molecule has 17 heavy (non-hydrogen) atoms. The third-order valence-electron chi connectivity index (χ3n) is 3.87. The molecule has 0 bridgehead atoms. The van der Waals surface area contributed by atoms with Crippen LogP contribution in [0.3, 0.4) is 0 Å². The highest BCUT2D eigenvalue weighted by Gasteiger charge is 2.45. The Kier molecular flexibility index (Phi) is 3.69. The molecule has 4 nitrogen and oxygen atoms in total. The minimum absolute atomic E-state index is 0.0770. The Morgan fingerprint density at radius 3 is 2.71 bits per heavy atom. The van der Waals surface area contributed by atoms with Gasteiger partial charge in [0, 0.05) is 19.8 Å². The van der Waals surface area contributed by atoms with E-state index < -0.39 is 0 Å². The lowest BCUT2D eigenvalue weighted by Crippen LogP contribution is -2.36. The third-order valence-corrected chi connectivity index (χ3v) is 3.87. The highest BCUT2D eigenvalue weighted by molar-refractivity contribution is 5.77. The second kappa shape index (κ2) is 5.07. The van der Waals surface area contributed by atoms with Crippen LogP contribution < -0.4 is 0 Å². The first-order valence-corrected chi connectivity index (χ1v) is 6.47. The average Bonchev–Trinajstić information content (AvgIpc) is 2.41. The summed E-state index contributed by atoms with van der Waals surface area (Å²) in [5.74, 6) is -0.345. The van der Waals surface area contributed by atoms with Gasteiger partial charge in [0.05, 0.1) is 12.0 Å². The Balaban J connectivity index is 2.10. The summed E-state index contributed by atoms with van der Waals surface area (Å²) in [6.45, 7) is 1.79. The number of carbonyl (C=O) groups excluding carboxylic acids is 2. The minimum Gasteiger partial charge on any atom is -0.465 e. The lowest BCUT2D eigenvalue weighted by atomic mass is 9.70. The third kappa shape index (κ3) is 2.79. The largest absolute Gasteiger partial charge is 0.465 e. The number of rotatable bonds is 1. The molecule has 1 aliphatic heterocycles. The van der Waals surface area contributed by atoms with Gasteiger partial charge in [-0.25, -0.2) is 0 Å². The van der Waals surface area contributed by atoms with Gasteiger partial charge >= 0.3 is 11.9 Å². The number of hydrogen-bond donors (Lipinski definition) is 0. The summed E-state index contributed by atoms with van der Waals surface area (Å²) in [5, 5.41) is 0. The Morgan fingerprint density at radius 1 is 1.35 bits per heavy atom. The molecule has 1 heterocycles. The van der Waals surface area contributed by atoms with Crippen LogP contribution in [-0.2, 0) is 19.1 Å². The molecule has 1 saturated heterocycles. The molecule has 96 valence electrons. The SMILES string of the molecule is CC(=O)OC1CCOC(=O)C2(CCCCC2)C1. The van der Waals surface area contributed by atoms with Crippen LogP contribution in [0.4, 0.5) is 0 Å². The summed E-state index contributed by atoms with van der Waals surface area (Å²) in [4.78, 5) is 23.1. The van der Waals surface area contributed by atoms with Crippen molar-refractivity contribution in [2.24, 2.45) is 5.41 Å². The minimum atomic E-state index is -0.380. The maximum absolute atomic E-state index is 12.1. The van der Waals surface area contributed by atoms with Gasteiger partial charge in [-0.15, -0.1) is 0 Å². The molecule has 1 aliphatic carbocycles. The Bertz CT molecular complexity index is 305. The van der Waals surface area contributed by atoms with Gasteiger partial charge in [0.25, 0.3) is 0 Å². The summed E-state index contributed by atoms with van der Waals surface area (Å²) in [6.07, 6.45) is 6.21. The van der Waals surface area contributed by atoms with E-state index in [0.717, 1.165) is 25.7 Å². The first-order chi connectivity index (χ1) is 8.12. The molecule has 1 saturated carbocycles. The van der Waals surface area contributed by atoms with E-state index >= 15 is 0 Å². The van der Waals surface area contributed by atoms with Crippen molar-refractivity contribution in [1.82, 2.24) is 0 Å². The molecule has 0 aromatic heterocycles. The first kappa shape index (κ1) is 12.4. The fourth-order valence-electron chi connectivity index (χ4n) is 3.03. The van der Waals surface area contributed by atoms with Crippen molar-refractivity contribution < 1.29 is 19.1 Å². The summed E-state index contributed by atoms with van der Waals surface area (Å²) >= 11 is 0. The van der Waals surface area contributed by atoms with Gasteiger partial charge < -0.3 is 9.47 Å². The van der Waals surface area contributed by atoms with Crippen molar-refractivity contribution in [3.8, 4) is 0 Å². The molecule has 2 aliphatic rings. The summed E-state index contributed by atoms with van der Waals surface area (Å²) in [7, 11) is 0. The van der Waals surface area contributed by atoms with E-state index in [1.54, 1.807) is 0 Å². The number of esters is 2. The molecular formula is C13H20O4. The van der Waals surface area contributed by atoms with Gasteiger partial charge in [0.1, 0.15) is 6.10 Å². The van der Waals surface area contributed by atoms with Crippen molar-refractivity contribution in [2.45, 2.75) is 58.0 Å². The van der Waals surface area contributed by atoms with Gasteiger partial charge in [0.2, 0.25) is 0 Å². The molecule has 1 unspecified atom stereocenters. The van der Waals surface area contributed by atoms with Crippen molar-refractivity contribution >= 4 is 11.9 Å². The molecule has 0 aromatic rings. The van der Waals surface area contributed by atoms with Crippen LogP contribution in [0.25, 0.3) is 0 Å². The fourth-order valence-corrected chi connectivity index (χ4v) is 3.03. The molecule has 0 aromatic carbocycles. The first-order valence-electron chi connectivity index (χ1n) is 6.47. The van der Waals surface area contributed by atoms with E-state index in [9.17, 15) is 9.59 Å². The summed E-state index contributed by atoms with van der Waals surface area (Å²) < 4.78 is 10.6. The number of ether oxygens (including phenoxy) is 2. The van der Waals surface area contributed by atoms with Crippen LogP contribution in [-0.4, -0.2) is 24.6 Å². The standard InChI is InChI=1S/C13H20O4/c1-10(14)17-11-5-8-16-12(15)13(9-11)6-3-2-4-7-13/h11H,2-9H2,1H3. The average molecular weight is 240 g/mol. The van der Waals surface area contributed by atoms with Crippen molar-refractivity contribution in [1.29, 1.82) is 0 Å². The lowest BCUT2D eigenvalue weighted by molar-refractivity contribution is -0.158. The monoisotopic (exact) mass is 240 g/mol. The van der Waals surface area contributed by atoms with Crippen LogP contribution in [0.2, 0.25) is 0 Å². The van der Waals surface area contributed by atoms with Crippen molar-refractivity contribution in [3.63, 3.8) is 0 Å². The predicted molar refractivity (Wildman–Crippen MR) is 61.3 cm³/mol. The lowest BCUT2D eigenvalue weighted by Gasteiger charge is -2.34. The molecule has 2 fully saturated rings. The zero-order valence-corrected chi connectivity index (χ0v) is 10.4.